The fourth-order valence-electron chi connectivity index (χ4n) is 1.66. The fourth-order valence-corrected chi connectivity index (χ4v) is 2.88. The Morgan fingerprint density at radius 2 is 1.95 bits per heavy atom. The number of benzene rings is 1. The molecule has 0 aromatic heterocycles. The summed E-state index contributed by atoms with van der Waals surface area (Å²) < 4.78 is 11.9. The minimum atomic E-state index is -1.22. The first-order valence-electron chi connectivity index (χ1n) is 6.17. The number of aliphatic carboxylic acids is 1. The minimum Gasteiger partial charge on any atom is -0.507 e. The van der Waals surface area contributed by atoms with Crippen molar-refractivity contribution in [2.45, 2.75) is 36.6 Å². The van der Waals surface area contributed by atoms with Crippen molar-refractivity contribution >= 4 is 16.8 Å². The van der Waals surface area contributed by atoms with Crippen LogP contribution >= 0.6 is 0 Å². The Bertz CT molecular complexity index is 450. The highest BCUT2D eigenvalue weighted by Crippen LogP contribution is 2.20. The molecular weight excluding hydrogens is 266 g/mol. The first-order valence-corrected chi connectivity index (χ1v) is 7.49. The van der Waals surface area contributed by atoms with Crippen LogP contribution in [0.5, 0.6) is 5.75 Å². The molecule has 0 saturated heterocycles. The second kappa shape index (κ2) is 7.91. The first-order chi connectivity index (χ1) is 9.02. The van der Waals surface area contributed by atoms with Crippen LogP contribution in [-0.4, -0.2) is 32.2 Å². The molecule has 1 rings (SSSR count). The molecule has 0 spiro atoms. The van der Waals surface area contributed by atoms with Crippen LogP contribution in [0.2, 0.25) is 0 Å². The fraction of sp³-hybridized carbons (Fsp3) is 0.462. The number of carbonyl (C=O) groups is 1. The van der Waals surface area contributed by atoms with Gasteiger partial charge in [-0.1, -0.05) is 25.0 Å². The SMILES string of the molecule is NC(CCCCCS(=O)c1ccccc1O)C(=O)O. The number of phenols is 1. The van der Waals surface area contributed by atoms with Gasteiger partial charge in [-0.05, 0) is 25.0 Å². The molecule has 0 aliphatic rings. The molecule has 0 fully saturated rings. The summed E-state index contributed by atoms with van der Waals surface area (Å²) in [6.07, 6.45) is 2.62. The van der Waals surface area contributed by atoms with Crippen LogP contribution in [0.1, 0.15) is 25.7 Å². The summed E-state index contributed by atoms with van der Waals surface area (Å²) in [4.78, 5) is 10.9. The highest BCUT2D eigenvalue weighted by Gasteiger charge is 2.11. The quantitative estimate of drug-likeness (QED) is 0.628. The maximum atomic E-state index is 11.9. The number of hydrogen-bond donors (Lipinski definition) is 3. The zero-order valence-corrected chi connectivity index (χ0v) is 11.4. The number of aromatic hydroxyl groups is 1. The van der Waals surface area contributed by atoms with Crippen LogP contribution in [0.4, 0.5) is 0 Å². The number of hydrogen-bond acceptors (Lipinski definition) is 4. The van der Waals surface area contributed by atoms with Gasteiger partial charge in [0.05, 0.1) is 15.7 Å². The van der Waals surface area contributed by atoms with Crippen LogP contribution in [0, 0.1) is 0 Å². The molecule has 4 N–H and O–H groups in total. The maximum Gasteiger partial charge on any atom is 0.320 e. The summed E-state index contributed by atoms with van der Waals surface area (Å²) >= 11 is 0. The molecule has 106 valence electrons. The largest absolute Gasteiger partial charge is 0.507 e. The van der Waals surface area contributed by atoms with Crippen LogP contribution in [0.25, 0.3) is 0 Å². The molecule has 2 unspecified atom stereocenters. The van der Waals surface area contributed by atoms with Gasteiger partial charge in [0.2, 0.25) is 0 Å². The van der Waals surface area contributed by atoms with E-state index in [4.69, 9.17) is 10.8 Å². The Labute approximate surface area is 114 Å². The molecular formula is C13H19NO4S. The highest BCUT2D eigenvalue weighted by molar-refractivity contribution is 7.85. The van der Waals surface area contributed by atoms with Crippen LogP contribution in [-0.2, 0) is 15.6 Å². The normalized spacial score (nSPS) is 13.9. The second-order valence-electron chi connectivity index (χ2n) is 4.31. The molecule has 6 heteroatoms. The third kappa shape index (κ3) is 5.40. The van der Waals surface area contributed by atoms with Gasteiger partial charge < -0.3 is 15.9 Å². The topological polar surface area (TPSA) is 101 Å². The van der Waals surface area contributed by atoms with Gasteiger partial charge in [-0.2, -0.15) is 0 Å². The van der Waals surface area contributed by atoms with E-state index in [2.05, 4.69) is 0 Å². The van der Waals surface area contributed by atoms with E-state index in [1.165, 1.54) is 6.07 Å². The number of rotatable bonds is 8. The van der Waals surface area contributed by atoms with E-state index in [0.29, 0.717) is 29.9 Å². The predicted octanol–water partition coefficient (Wildman–Crippen LogP) is 1.47. The molecule has 0 aliphatic carbocycles. The Hall–Kier alpha value is -1.40. The van der Waals surface area contributed by atoms with Gasteiger partial charge in [0, 0.05) is 5.75 Å². The average molecular weight is 285 g/mol. The number of carboxylic acids is 1. The summed E-state index contributed by atoms with van der Waals surface area (Å²) in [6, 6.07) is 5.76. The molecule has 0 heterocycles. The van der Waals surface area contributed by atoms with Crippen LogP contribution in [0.15, 0.2) is 29.2 Å². The molecule has 0 radical (unpaired) electrons. The van der Waals surface area contributed by atoms with Gasteiger partial charge >= 0.3 is 5.97 Å². The van der Waals surface area contributed by atoms with Crippen molar-refractivity contribution in [2.75, 3.05) is 5.75 Å². The number of nitrogens with two attached hydrogens (primary N) is 1. The Balaban J connectivity index is 2.25. The molecule has 0 amide bonds. The van der Waals surface area contributed by atoms with Gasteiger partial charge in [0.25, 0.3) is 0 Å². The van der Waals surface area contributed by atoms with Crippen molar-refractivity contribution in [3.05, 3.63) is 24.3 Å². The molecule has 0 bridgehead atoms. The third-order valence-electron chi connectivity index (χ3n) is 2.77. The molecule has 1 aromatic carbocycles. The van der Waals surface area contributed by atoms with E-state index in [9.17, 15) is 14.1 Å². The monoisotopic (exact) mass is 285 g/mol. The number of phenolic OH excluding ortho intramolecular Hbond substituents is 1. The number of unbranched alkanes of at least 4 members (excludes halogenated alkanes) is 2. The van der Waals surface area contributed by atoms with Gasteiger partial charge in [0.1, 0.15) is 11.8 Å². The number of para-hydroxylation sites is 1. The van der Waals surface area contributed by atoms with Crippen molar-refractivity contribution < 1.29 is 19.2 Å². The van der Waals surface area contributed by atoms with Gasteiger partial charge in [0.15, 0.2) is 0 Å². The minimum absolute atomic E-state index is 0.0498. The standard InChI is InChI=1S/C13H19NO4S/c14-10(13(16)17)6-2-1-5-9-19(18)12-8-4-3-7-11(12)15/h3-4,7-8,10,15H,1-2,5-6,9,14H2,(H,16,17). The molecule has 19 heavy (non-hydrogen) atoms. The van der Waals surface area contributed by atoms with E-state index in [1.807, 2.05) is 0 Å². The average Bonchev–Trinajstić information content (AvgIpc) is 2.38. The summed E-state index contributed by atoms with van der Waals surface area (Å²) in [5.41, 5.74) is 5.38. The highest BCUT2D eigenvalue weighted by atomic mass is 32.2. The Morgan fingerprint density at radius 3 is 2.58 bits per heavy atom. The smallest absolute Gasteiger partial charge is 0.320 e. The van der Waals surface area contributed by atoms with Crippen molar-refractivity contribution in [2.24, 2.45) is 5.73 Å². The lowest BCUT2D eigenvalue weighted by Gasteiger charge is -2.06. The Morgan fingerprint density at radius 1 is 1.26 bits per heavy atom. The van der Waals surface area contributed by atoms with E-state index in [-0.39, 0.29) is 5.75 Å². The molecule has 5 nitrogen and oxygen atoms in total. The van der Waals surface area contributed by atoms with Gasteiger partial charge in [-0.15, -0.1) is 0 Å². The van der Waals surface area contributed by atoms with Crippen LogP contribution < -0.4 is 5.73 Å². The van der Waals surface area contributed by atoms with Crippen molar-refractivity contribution in [1.82, 2.24) is 0 Å². The van der Waals surface area contributed by atoms with E-state index < -0.39 is 22.8 Å². The van der Waals surface area contributed by atoms with Gasteiger partial charge in [-0.25, -0.2) is 0 Å². The second-order valence-corrected chi connectivity index (χ2v) is 5.85. The molecule has 2 atom stereocenters. The Kier molecular flexibility index (Phi) is 6.52. The summed E-state index contributed by atoms with van der Waals surface area (Å²) in [6.45, 7) is 0. The summed E-state index contributed by atoms with van der Waals surface area (Å²) in [5.74, 6) is -0.480. The van der Waals surface area contributed by atoms with E-state index in [0.717, 1.165) is 6.42 Å². The predicted molar refractivity (Wildman–Crippen MR) is 73.5 cm³/mol. The van der Waals surface area contributed by atoms with E-state index >= 15 is 0 Å². The lowest BCUT2D eigenvalue weighted by Crippen LogP contribution is -2.29. The summed E-state index contributed by atoms with van der Waals surface area (Å²) in [5, 5.41) is 18.1. The molecule has 1 aromatic rings. The zero-order chi connectivity index (χ0) is 14.3. The molecule has 0 saturated carbocycles. The zero-order valence-electron chi connectivity index (χ0n) is 10.6. The van der Waals surface area contributed by atoms with Crippen molar-refractivity contribution in [3.8, 4) is 5.75 Å². The first kappa shape index (κ1) is 15.7. The third-order valence-corrected chi connectivity index (χ3v) is 4.27. The maximum absolute atomic E-state index is 11.9. The number of carboxylic acid groups (broad SMARTS) is 1. The van der Waals surface area contributed by atoms with Gasteiger partial charge in [-0.3, -0.25) is 9.00 Å². The molecule has 0 aliphatic heterocycles. The van der Waals surface area contributed by atoms with Crippen molar-refractivity contribution in [3.63, 3.8) is 0 Å². The van der Waals surface area contributed by atoms with E-state index in [1.54, 1.807) is 18.2 Å². The van der Waals surface area contributed by atoms with Crippen LogP contribution in [0.3, 0.4) is 0 Å². The lowest BCUT2D eigenvalue weighted by molar-refractivity contribution is -0.138. The lowest BCUT2D eigenvalue weighted by atomic mass is 10.1. The summed E-state index contributed by atoms with van der Waals surface area (Å²) in [7, 11) is -1.22. The van der Waals surface area contributed by atoms with Crippen molar-refractivity contribution in [1.29, 1.82) is 0 Å².